The molecule has 20 heavy (non-hydrogen) atoms. The van der Waals surface area contributed by atoms with Gasteiger partial charge in [-0.2, -0.15) is 4.39 Å². The standard InChI is InChI=1S/C14H20F2N2O2/c1-2-3-4-5-8-18(9-10-19)14(20)11-6-7-17-13(16)12(11)15/h6-7,19H,2-5,8-10H2,1H3. The van der Waals surface area contributed by atoms with Gasteiger partial charge in [0, 0.05) is 19.3 Å². The maximum atomic E-state index is 13.5. The molecule has 0 unspecified atom stereocenters. The highest BCUT2D eigenvalue weighted by atomic mass is 19.2. The van der Waals surface area contributed by atoms with Crippen LogP contribution in [0.1, 0.15) is 43.0 Å². The van der Waals surface area contributed by atoms with E-state index in [1.807, 2.05) is 0 Å². The van der Waals surface area contributed by atoms with Crippen LogP contribution in [0.2, 0.25) is 0 Å². The minimum atomic E-state index is -1.29. The SMILES string of the molecule is CCCCCCN(CCO)C(=O)c1ccnc(F)c1F. The van der Waals surface area contributed by atoms with Crippen LogP contribution in [-0.4, -0.2) is 40.6 Å². The molecule has 1 rings (SSSR count). The van der Waals surface area contributed by atoms with E-state index in [0.29, 0.717) is 6.54 Å². The summed E-state index contributed by atoms with van der Waals surface area (Å²) in [6.45, 7) is 2.39. The summed E-state index contributed by atoms with van der Waals surface area (Å²) in [6, 6.07) is 1.15. The minimum absolute atomic E-state index is 0.105. The molecule has 0 spiro atoms. The van der Waals surface area contributed by atoms with Crippen molar-refractivity contribution < 1.29 is 18.7 Å². The van der Waals surface area contributed by atoms with Gasteiger partial charge in [0.15, 0.2) is 5.82 Å². The fraction of sp³-hybridized carbons (Fsp3) is 0.571. The van der Waals surface area contributed by atoms with E-state index in [0.717, 1.165) is 37.9 Å². The first kappa shape index (κ1) is 16.5. The van der Waals surface area contributed by atoms with E-state index in [1.54, 1.807) is 0 Å². The molecular weight excluding hydrogens is 266 g/mol. The molecule has 0 aliphatic carbocycles. The second kappa shape index (κ2) is 8.58. The van der Waals surface area contributed by atoms with Crippen molar-refractivity contribution in [2.24, 2.45) is 0 Å². The Morgan fingerprint density at radius 2 is 2.05 bits per heavy atom. The number of rotatable bonds is 8. The molecule has 0 saturated carbocycles. The summed E-state index contributed by atoms with van der Waals surface area (Å²) < 4.78 is 26.6. The molecule has 0 aliphatic heterocycles. The molecule has 0 fully saturated rings. The summed E-state index contributed by atoms with van der Waals surface area (Å²) in [6.07, 6.45) is 4.91. The predicted molar refractivity (Wildman–Crippen MR) is 71.3 cm³/mol. The Morgan fingerprint density at radius 1 is 1.30 bits per heavy atom. The number of carbonyl (C=O) groups is 1. The van der Waals surface area contributed by atoms with Gasteiger partial charge in [-0.1, -0.05) is 26.2 Å². The van der Waals surface area contributed by atoms with E-state index in [9.17, 15) is 13.6 Å². The Bertz CT molecular complexity index is 441. The van der Waals surface area contributed by atoms with Gasteiger partial charge in [0.2, 0.25) is 5.95 Å². The number of pyridine rings is 1. The molecule has 1 aromatic heterocycles. The molecule has 1 aromatic rings. The lowest BCUT2D eigenvalue weighted by atomic mass is 10.1. The number of nitrogens with zero attached hydrogens (tertiary/aromatic N) is 2. The smallest absolute Gasteiger partial charge is 0.257 e. The van der Waals surface area contributed by atoms with Crippen molar-refractivity contribution in [3.63, 3.8) is 0 Å². The first-order chi connectivity index (χ1) is 9.61. The summed E-state index contributed by atoms with van der Waals surface area (Å²) in [5.74, 6) is -3.14. The molecule has 0 saturated heterocycles. The third-order valence-electron chi connectivity index (χ3n) is 3.02. The number of hydrogen-bond donors (Lipinski definition) is 1. The van der Waals surface area contributed by atoms with Crippen LogP contribution in [0.3, 0.4) is 0 Å². The van der Waals surface area contributed by atoms with Crippen LogP contribution < -0.4 is 0 Å². The molecule has 1 N–H and O–H groups in total. The number of halogens is 2. The Balaban J connectivity index is 2.74. The molecule has 6 heteroatoms. The number of hydrogen-bond acceptors (Lipinski definition) is 3. The summed E-state index contributed by atoms with van der Waals surface area (Å²) >= 11 is 0. The maximum absolute atomic E-state index is 13.5. The molecule has 4 nitrogen and oxygen atoms in total. The number of carbonyl (C=O) groups excluding carboxylic acids is 1. The maximum Gasteiger partial charge on any atom is 0.257 e. The van der Waals surface area contributed by atoms with E-state index in [4.69, 9.17) is 5.11 Å². The van der Waals surface area contributed by atoms with Gasteiger partial charge >= 0.3 is 0 Å². The van der Waals surface area contributed by atoms with Crippen molar-refractivity contribution >= 4 is 5.91 Å². The molecule has 112 valence electrons. The van der Waals surface area contributed by atoms with Crippen LogP contribution >= 0.6 is 0 Å². The van der Waals surface area contributed by atoms with Crippen LogP contribution in [0.25, 0.3) is 0 Å². The van der Waals surface area contributed by atoms with Crippen LogP contribution in [0.4, 0.5) is 8.78 Å². The van der Waals surface area contributed by atoms with Crippen LogP contribution in [-0.2, 0) is 0 Å². The van der Waals surface area contributed by atoms with E-state index in [1.165, 1.54) is 4.90 Å². The molecule has 1 heterocycles. The van der Waals surface area contributed by atoms with Gasteiger partial charge < -0.3 is 10.0 Å². The highest BCUT2D eigenvalue weighted by molar-refractivity contribution is 5.94. The fourth-order valence-corrected chi connectivity index (χ4v) is 1.92. The van der Waals surface area contributed by atoms with Crippen LogP contribution in [0, 0.1) is 11.8 Å². The molecule has 0 atom stereocenters. The van der Waals surface area contributed by atoms with Crippen molar-refractivity contribution in [2.75, 3.05) is 19.7 Å². The first-order valence-electron chi connectivity index (χ1n) is 6.82. The zero-order valence-electron chi connectivity index (χ0n) is 11.6. The van der Waals surface area contributed by atoms with Crippen molar-refractivity contribution in [3.05, 3.63) is 29.6 Å². The lowest BCUT2D eigenvalue weighted by Gasteiger charge is -2.22. The zero-order valence-corrected chi connectivity index (χ0v) is 11.6. The van der Waals surface area contributed by atoms with E-state index >= 15 is 0 Å². The number of aliphatic hydroxyl groups is 1. The van der Waals surface area contributed by atoms with Gasteiger partial charge in [0.1, 0.15) is 0 Å². The normalized spacial score (nSPS) is 10.6. The van der Waals surface area contributed by atoms with Gasteiger partial charge in [0.05, 0.1) is 12.2 Å². The summed E-state index contributed by atoms with van der Waals surface area (Å²) in [7, 11) is 0. The summed E-state index contributed by atoms with van der Waals surface area (Å²) in [5, 5.41) is 8.99. The van der Waals surface area contributed by atoms with E-state index < -0.39 is 17.7 Å². The molecule has 0 bridgehead atoms. The minimum Gasteiger partial charge on any atom is -0.395 e. The summed E-state index contributed by atoms with van der Waals surface area (Å²) in [5.41, 5.74) is -0.346. The lowest BCUT2D eigenvalue weighted by molar-refractivity contribution is 0.0712. The monoisotopic (exact) mass is 286 g/mol. The van der Waals surface area contributed by atoms with E-state index in [-0.39, 0.29) is 18.7 Å². The van der Waals surface area contributed by atoms with Gasteiger partial charge in [-0.3, -0.25) is 4.79 Å². The Labute approximate surface area is 117 Å². The average molecular weight is 286 g/mol. The van der Waals surface area contributed by atoms with Crippen LogP contribution in [0.15, 0.2) is 12.3 Å². The molecule has 1 amide bonds. The highest BCUT2D eigenvalue weighted by Gasteiger charge is 2.21. The second-order valence-electron chi connectivity index (χ2n) is 4.54. The molecular formula is C14H20F2N2O2. The second-order valence-corrected chi connectivity index (χ2v) is 4.54. The fourth-order valence-electron chi connectivity index (χ4n) is 1.92. The Hall–Kier alpha value is -1.56. The highest BCUT2D eigenvalue weighted by Crippen LogP contribution is 2.13. The topological polar surface area (TPSA) is 53.4 Å². The van der Waals surface area contributed by atoms with Gasteiger partial charge in [-0.05, 0) is 12.5 Å². The summed E-state index contributed by atoms with van der Waals surface area (Å²) in [4.78, 5) is 16.6. The molecule has 0 aromatic carbocycles. The molecule has 0 aliphatic rings. The number of aliphatic hydroxyl groups excluding tert-OH is 1. The van der Waals surface area contributed by atoms with Crippen molar-refractivity contribution in [1.29, 1.82) is 0 Å². The Kier molecular flexibility index (Phi) is 7.08. The zero-order chi connectivity index (χ0) is 15.0. The van der Waals surface area contributed by atoms with Gasteiger partial charge in [0.25, 0.3) is 5.91 Å². The van der Waals surface area contributed by atoms with Crippen molar-refractivity contribution in [2.45, 2.75) is 32.6 Å². The van der Waals surface area contributed by atoms with Crippen molar-refractivity contribution in [1.82, 2.24) is 9.88 Å². The van der Waals surface area contributed by atoms with Gasteiger partial charge in [-0.25, -0.2) is 9.37 Å². The number of amides is 1. The van der Waals surface area contributed by atoms with Crippen molar-refractivity contribution in [3.8, 4) is 0 Å². The predicted octanol–water partition coefficient (Wildman–Crippen LogP) is 2.37. The first-order valence-corrected chi connectivity index (χ1v) is 6.82. The van der Waals surface area contributed by atoms with E-state index in [2.05, 4.69) is 11.9 Å². The Morgan fingerprint density at radius 3 is 2.70 bits per heavy atom. The third kappa shape index (κ3) is 4.52. The number of unbranched alkanes of at least 4 members (excludes halogenated alkanes) is 3. The largest absolute Gasteiger partial charge is 0.395 e. The number of aromatic nitrogens is 1. The van der Waals surface area contributed by atoms with Gasteiger partial charge in [-0.15, -0.1) is 0 Å². The average Bonchev–Trinajstić information content (AvgIpc) is 2.44. The van der Waals surface area contributed by atoms with Crippen LogP contribution in [0.5, 0.6) is 0 Å². The third-order valence-corrected chi connectivity index (χ3v) is 3.02. The lowest BCUT2D eigenvalue weighted by Crippen LogP contribution is -2.35. The molecule has 0 radical (unpaired) electrons. The quantitative estimate of drug-likeness (QED) is 0.589.